The lowest BCUT2D eigenvalue weighted by atomic mass is 9.88. The molecule has 0 rings (SSSR count). The zero-order chi connectivity index (χ0) is 14.6. The number of ether oxygens (including phenoxy) is 1. The van der Waals surface area contributed by atoms with Gasteiger partial charge in [0.05, 0.1) is 18.6 Å². The lowest BCUT2D eigenvalue weighted by Crippen LogP contribution is -2.35. The molecule has 5 heteroatoms. The number of aliphatic hydroxyl groups excluding tert-OH is 3. The van der Waals surface area contributed by atoms with Crippen LogP contribution < -0.4 is 0 Å². The smallest absolute Gasteiger partial charge is 0.305 e. The molecular formula is C14H28O5. The second kappa shape index (κ2) is 11.2. The van der Waals surface area contributed by atoms with Gasteiger partial charge in [-0.3, -0.25) is 4.79 Å². The summed E-state index contributed by atoms with van der Waals surface area (Å²) in [6, 6.07) is 0. The van der Waals surface area contributed by atoms with Gasteiger partial charge in [-0.05, 0) is 19.3 Å². The lowest BCUT2D eigenvalue weighted by molar-refractivity contribution is -0.149. The number of aliphatic hydroxyl groups is 3. The minimum atomic E-state index is -0.712. The molecule has 19 heavy (non-hydrogen) atoms. The molecule has 0 aliphatic carbocycles. The van der Waals surface area contributed by atoms with E-state index in [2.05, 4.69) is 0 Å². The Kier molecular flexibility index (Phi) is 10.8. The van der Waals surface area contributed by atoms with E-state index in [1.807, 2.05) is 6.92 Å². The van der Waals surface area contributed by atoms with Crippen LogP contribution in [-0.4, -0.2) is 47.7 Å². The lowest BCUT2D eigenvalue weighted by Gasteiger charge is -2.27. The molecular weight excluding hydrogens is 248 g/mol. The first kappa shape index (κ1) is 18.4. The van der Waals surface area contributed by atoms with Crippen molar-refractivity contribution < 1.29 is 24.9 Å². The van der Waals surface area contributed by atoms with E-state index in [4.69, 9.17) is 9.84 Å². The number of esters is 1. The van der Waals surface area contributed by atoms with Crippen LogP contribution in [0.3, 0.4) is 0 Å². The Hall–Kier alpha value is -0.650. The van der Waals surface area contributed by atoms with Gasteiger partial charge in [0.25, 0.3) is 0 Å². The van der Waals surface area contributed by atoms with Gasteiger partial charge in [-0.15, -0.1) is 0 Å². The highest BCUT2D eigenvalue weighted by Gasteiger charge is 2.28. The molecule has 3 N–H and O–H groups in total. The number of rotatable bonds is 12. The molecule has 0 radical (unpaired) electrons. The monoisotopic (exact) mass is 276 g/mol. The SMILES string of the molecule is CCC(CO)(CO)COC(=O)CCCCCCCO. The van der Waals surface area contributed by atoms with E-state index >= 15 is 0 Å². The topological polar surface area (TPSA) is 87.0 Å². The van der Waals surface area contributed by atoms with Gasteiger partial charge in [0, 0.05) is 13.0 Å². The first-order chi connectivity index (χ1) is 9.14. The molecule has 0 spiro atoms. The van der Waals surface area contributed by atoms with Crippen molar-refractivity contribution in [1.29, 1.82) is 0 Å². The van der Waals surface area contributed by atoms with E-state index < -0.39 is 5.41 Å². The molecule has 0 aromatic heterocycles. The fourth-order valence-corrected chi connectivity index (χ4v) is 1.68. The summed E-state index contributed by atoms with van der Waals surface area (Å²) in [4.78, 5) is 11.5. The predicted molar refractivity (Wildman–Crippen MR) is 72.6 cm³/mol. The molecule has 0 heterocycles. The van der Waals surface area contributed by atoms with Crippen molar-refractivity contribution >= 4 is 5.97 Å². The molecule has 0 atom stereocenters. The average Bonchev–Trinajstić information content (AvgIpc) is 2.45. The molecule has 0 aliphatic heterocycles. The number of carbonyl (C=O) groups excluding carboxylic acids is 1. The van der Waals surface area contributed by atoms with Crippen LogP contribution in [0.25, 0.3) is 0 Å². The summed E-state index contributed by atoms with van der Waals surface area (Å²) in [7, 11) is 0. The molecule has 0 aromatic carbocycles. The maximum absolute atomic E-state index is 11.5. The van der Waals surface area contributed by atoms with Gasteiger partial charge in [-0.2, -0.15) is 0 Å². The summed E-state index contributed by atoms with van der Waals surface area (Å²) < 4.78 is 5.11. The van der Waals surface area contributed by atoms with Crippen molar-refractivity contribution in [2.24, 2.45) is 5.41 Å². The average molecular weight is 276 g/mol. The summed E-state index contributed by atoms with van der Waals surface area (Å²) in [6.45, 7) is 1.77. The van der Waals surface area contributed by atoms with Crippen molar-refractivity contribution in [3.8, 4) is 0 Å². The van der Waals surface area contributed by atoms with Crippen molar-refractivity contribution in [2.45, 2.75) is 51.9 Å². The van der Waals surface area contributed by atoms with Gasteiger partial charge in [-0.1, -0.05) is 26.2 Å². The zero-order valence-corrected chi connectivity index (χ0v) is 11.9. The van der Waals surface area contributed by atoms with Crippen LogP contribution in [-0.2, 0) is 9.53 Å². The van der Waals surface area contributed by atoms with Gasteiger partial charge in [-0.25, -0.2) is 0 Å². The highest BCUT2D eigenvalue weighted by atomic mass is 16.5. The van der Waals surface area contributed by atoms with Gasteiger partial charge in [0.2, 0.25) is 0 Å². The van der Waals surface area contributed by atoms with Crippen LogP contribution in [0.4, 0.5) is 0 Å². The number of carbonyl (C=O) groups is 1. The normalized spacial score (nSPS) is 11.6. The molecule has 5 nitrogen and oxygen atoms in total. The number of unbranched alkanes of at least 4 members (excludes halogenated alkanes) is 4. The molecule has 114 valence electrons. The van der Waals surface area contributed by atoms with Gasteiger partial charge in [0.15, 0.2) is 0 Å². The maximum atomic E-state index is 11.5. The quantitative estimate of drug-likeness (QED) is 0.369. The third kappa shape index (κ3) is 8.18. The Bertz CT molecular complexity index is 218. The molecule has 0 amide bonds. The van der Waals surface area contributed by atoms with Crippen molar-refractivity contribution in [3.05, 3.63) is 0 Å². The van der Waals surface area contributed by atoms with Crippen LogP contribution in [0.1, 0.15) is 51.9 Å². The molecule has 0 saturated carbocycles. The van der Waals surface area contributed by atoms with Crippen LogP contribution in [0.5, 0.6) is 0 Å². The molecule has 0 aromatic rings. The standard InChI is InChI=1S/C14H28O5/c1-2-14(10-16,11-17)12-19-13(18)8-6-4-3-5-7-9-15/h15-17H,2-12H2,1H3. The Morgan fingerprint density at radius 1 is 1.00 bits per heavy atom. The first-order valence-corrected chi connectivity index (χ1v) is 7.12. The summed E-state index contributed by atoms with van der Waals surface area (Å²) in [5, 5.41) is 27.0. The third-order valence-electron chi connectivity index (χ3n) is 3.50. The summed E-state index contributed by atoms with van der Waals surface area (Å²) >= 11 is 0. The van der Waals surface area contributed by atoms with Crippen LogP contribution in [0.2, 0.25) is 0 Å². The van der Waals surface area contributed by atoms with E-state index in [1.165, 1.54) is 0 Å². The summed E-state index contributed by atoms with van der Waals surface area (Å²) in [5.41, 5.74) is -0.712. The molecule has 0 saturated heterocycles. The fourth-order valence-electron chi connectivity index (χ4n) is 1.68. The van der Waals surface area contributed by atoms with Crippen molar-refractivity contribution in [2.75, 3.05) is 26.4 Å². The predicted octanol–water partition coefficient (Wildman–Crippen LogP) is 1.24. The highest BCUT2D eigenvalue weighted by Crippen LogP contribution is 2.21. The van der Waals surface area contributed by atoms with Crippen LogP contribution in [0.15, 0.2) is 0 Å². The van der Waals surface area contributed by atoms with Crippen LogP contribution >= 0.6 is 0 Å². The van der Waals surface area contributed by atoms with E-state index in [0.29, 0.717) is 12.8 Å². The third-order valence-corrected chi connectivity index (χ3v) is 3.50. The molecule has 0 aliphatic rings. The Balaban J connectivity index is 3.69. The van der Waals surface area contributed by atoms with Gasteiger partial charge in [0.1, 0.15) is 6.61 Å². The Labute approximate surface area is 115 Å². The minimum absolute atomic E-state index is 0.0693. The largest absolute Gasteiger partial charge is 0.465 e. The van der Waals surface area contributed by atoms with E-state index in [9.17, 15) is 15.0 Å². The fraction of sp³-hybridized carbons (Fsp3) is 0.929. The summed E-state index contributed by atoms with van der Waals surface area (Å²) in [6.07, 6.45) is 5.48. The van der Waals surface area contributed by atoms with Crippen molar-refractivity contribution in [1.82, 2.24) is 0 Å². The minimum Gasteiger partial charge on any atom is -0.465 e. The van der Waals surface area contributed by atoms with Crippen molar-refractivity contribution in [3.63, 3.8) is 0 Å². The summed E-state index contributed by atoms with van der Waals surface area (Å²) in [5.74, 6) is -0.276. The van der Waals surface area contributed by atoms with Gasteiger partial charge < -0.3 is 20.1 Å². The van der Waals surface area contributed by atoms with Gasteiger partial charge >= 0.3 is 5.97 Å². The molecule has 0 unspecified atom stereocenters. The van der Waals surface area contributed by atoms with E-state index in [1.54, 1.807) is 0 Å². The highest BCUT2D eigenvalue weighted by molar-refractivity contribution is 5.69. The Morgan fingerprint density at radius 3 is 2.11 bits per heavy atom. The second-order valence-electron chi connectivity index (χ2n) is 5.07. The molecule has 0 fully saturated rings. The van der Waals surface area contributed by atoms with Crippen LogP contribution in [0, 0.1) is 5.41 Å². The first-order valence-electron chi connectivity index (χ1n) is 7.12. The maximum Gasteiger partial charge on any atom is 0.305 e. The number of hydrogen-bond donors (Lipinski definition) is 3. The molecule has 0 bridgehead atoms. The second-order valence-corrected chi connectivity index (χ2v) is 5.07. The van der Waals surface area contributed by atoms with E-state index in [-0.39, 0.29) is 32.4 Å². The Morgan fingerprint density at radius 2 is 1.58 bits per heavy atom. The zero-order valence-electron chi connectivity index (χ0n) is 11.9. The number of hydrogen-bond acceptors (Lipinski definition) is 5. The van der Waals surface area contributed by atoms with E-state index in [0.717, 1.165) is 32.1 Å².